The van der Waals surface area contributed by atoms with E-state index in [1.54, 1.807) is 12.1 Å². The number of carboxylic acids is 1. The number of benzene rings is 2. The summed E-state index contributed by atoms with van der Waals surface area (Å²) < 4.78 is 5.85. The van der Waals surface area contributed by atoms with E-state index in [-0.39, 0.29) is 6.10 Å². The fourth-order valence-electron chi connectivity index (χ4n) is 3.03. The van der Waals surface area contributed by atoms with E-state index < -0.39 is 5.97 Å². The number of hydrogen-bond donors (Lipinski definition) is 2. The summed E-state index contributed by atoms with van der Waals surface area (Å²) in [6, 6.07) is 17.5. The Hall–Kier alpha value is -2.21. The number of hydrogen-bond acceptors (Lipinski definition) is 4. The molecule has 5 nitrogen and oxygen atoms in total. The number of aromatic carboxylic acids is 1. The second kappa shape index (κ2) is 8.76. The Morgan fingerprint density at radius 2 is 1.88 bits per heavy atom. The van der Waals surface area contributed by atoms with Gasteiger partial charge in [-0.25, -0.2) is 4.79 Å². The van der Waals surface area contributed by atoms with Crippen LogP contribution in [-0.2, 0) is 17.8 Å². The summed E-state index contributed by atoms with van der Waals surface area (Å²) >= 11 is 0. The summed E-state index contributed by atoms with van der Waals surface area (Å²) in [5.41, 5.74) is 2.72. The molecule has 25 heavy (non-hydrogen) atoms. The van der Waals surface area contributed by atoms with Crippen LogP contribution in [0.15, 0.2) is 54.6 Å². The van der Waals surface area contributed by atoms with Gasteiger partial charge in [-0.2, -0.15) is 0 Å². The van der Waals surface area contributed by atoms with Crippen LogP contribution in [0.3, 0.4) is 0 Å². The lowest BCUT2D eigenvalue weighted by molar-refractivity contribution is -0.0300. The molecule has 1 unspecified atom stereocenters. The van der Waals surface area contributed by atoms with Crippen LogP contribution < -0.4 is 5.32 Å². The number of nitrogens with zero attached hydrogens (tertiary/aromatic N) is 1. The molecule has 0 spiro atoms. The molecule has 2 aromatic rings. The normalized spacial score (nSPS) is 18.2. The minimum atomic E-state index is -0.895. The summed E-state index contributed by atoms with van der Waals surface area (Å²) in [6.45, 7) is 5.08. The number of morpholine rings is 1. The molecule has 0 saturated carbocycles. The lowest BCUT2D eigenvalue weighted by Gasteiger charge is -2.33. The topological polar surface area (TPSA) is 61.8 Å². The third-order valence-corrected chi connectivity index (χ3v) is 4.37. The molecule has 0 radical (unpaired) electrons. The largest absolute Gasteiger partial charge is 0.478 e. The molecule has 1 aliphatic rings. The highest BCUT2D eigenvalue weighted by atomic mass is 16.5. The summed E-state index contributed by atoms with van der Waals surface area (Å²) in [5, 5.41) is 12.3. The van der Waals surface area contributed by atoms with E-state index in [1.807, 2.05) is 18.2 Å². The van der Waals surface area contributed by atoms with E-state index in [2.05, 4.69) is 34.5 Å². The maximum atomic E-state index is 10.9. The minimum Gasteiger partial charge on any atom is -0.478 e. The molecule has 1 aliphatic heterocycles. The average molecular weight is 340 g/mol. The smallest absolute Gasteiger partial charge is 0.335 e. The van der Waals surface area contributed by atoms with Gasteiger partial charge in [-0.1, -0.05) is 42.5 Å². The van der Waals surface area contributed by atoms with Crippen LogP contribution in [0.1, 0.15) is 21.5 Å². The predicted octanol–water partition coefficient (Wildman–Crippen LogP) is 2.38. The number of carbonyl (C=O) groups is 1. The first-order valence-electron chi connectivity index (χ1n) is 8.61. The second-order valence-electron chi connectivity index (χ2n) is 6.35. The Morgan fingerprint density at radius 3 is 2.60 bits per heavy atom. The van der Waals surface area contributed by atoms with Crippen molar-refractivity contribution in [3.63, 3.8) is 0 Å². The molecule has 1 saturated heterocycles. The monoisotopic (exact) mass is 340 g/mol. The second-order valence-corrected chi connectivity index (χ2v) is 6.35. The van der Waals surface area contributed by atoms with Crippen molar-refractivity contribution in [2.24, 2.45) is 0 Å². The Balaban J connectivity index is 1.42. The Labute approximate surface area is 148 Å². The van der Waals surface area contributed by atoms with Gasteiger partial charge in [-0.3, -0.25) is 4.90 Å². The zero-order valence-electron chi connectivity index (χ0n) is 14.2. The van der Waals surface area contributed by atoms with Crippen LogP contribution in [-0.4, -0.2) is 48.3 Å². The van der Waals surface area contributed by atoms with Crippen molar-refractivity contribution in [3.05, 3.63) is 71.3 Å². The van der Waals surface area contributed by atoms with Crippen molar-refractivity contribution in [1.29, 1.82) is 0 Å². The fraction of sp³-hybridized carbons (Fsp3) is 0.350. The van der Waals surface area contributed by atoms with Gasteiger partial charge in [0.25, 0.3) is 0 Å². The Bertz CT molecular complexity index is 673. The van der Waals surface area contributed by atoms with Crippen LogP contribution in [0.4, 0.5) is 0 Å². The Morgan fingerprint density at radius 1 is 1.12 bits per heavy atom. The first-order chi connectivity index (χ1) is 12.2. The maximum Gasteiger partial charge on any atom is 0.335 e. The van der Waals surface area contributed by atoms with E-state index in [1.165, 1.54) is 5.56 Å². The van der Waals surface area contributed by atoms with Crippen LogP contribution in [0.5, 0.6) is 0 Å². The van der Waals surface area contributed by atoms with Crippen molar-refractivity contribution in [1.82, 2.24) is 10.2 Å². The van der Waals surface area contributed by atoms with Gasteiger partial charge in [0.2, 0.25) is 0 Å². The standard InChI is InChI=1S/C20H24N2O3/c23-20(24)18-8-6-16(7-9-18)12-21-13-19-15-22(10-11-25-19)14-17-4-2-1-3-5-17/h1-9,19,21H,10-15H2,(H,23,24). The minimum absolute atomic E-state index is 0.177. The van der Waals surface area contributed by atoms with Gasteiger partial charge >= 0.3 is 5.97 Å². The number of ether oxygens (including phenoxy) is 1. The summed E-state index contributed by atoms with van der Waals surface area (Å²) in [5.74, 6) is -0.895. The van der Waals surface area contributed by atoms with Crippen molar-refractivity contribution in [2.75, 3.05) is 26.2 Å². The van der Waals surface area contributed by atoms with Crippen LogP contribution in [0.25, 0.3) is 0 Å². The highest BCUT2D eigenvalue weighted by Gasteiger charge is 2.20. The van der Waals surface area contributed by atoms with E-state index in [0.717, 1.165) is 38.3 Å². The molecule has 1 atom stereocenters. The first kappa shape index (κ1) is 17.6. The average Bonchev–Trinajstić information content (AvgIpc) is 2.63. The third kappa shape index (κ3) is 5.39. The molecule has 2 N–H and O–H groups in total. The van der Waals surface area contributed by atoms with E-state index >= 15 is 0 Å². The highest BCUT2D eigenvalue weighted by molar-refractivity contribution is 5.87. The van der Waals surface area contributed by atoms with E-state index in [4.69, 9.17) is 9.84 Å². The summed E-state index contributed by atoms with van der Waals surface area (Å²) in [7, 11) is 0. The van der Waals surface area contributed by atoms with Gasteiger partial charge in [-0.15, -0.1) is 0 Å². The molecule has 1 heterocycles. The van der Waals surface area contributed by atoms with Crippen molar-refractivity contribution in [3.8, 4) is 0 Å². The summed E-state index contributed by atoms with van der Waals surface area (Å²) in [4.78, 5) is 13.3. The number of carboxylic acid groups (broad SMARTS) is 1. The van der Waals surface area contributed by atoms with Gasteiger partial charge in [0.15, 0.2) is 0 Å². The number of rotatable bonds is 7. The maximum absolute atomic E-state index is 10.9. The molecule has 2 aromatic carbocycles. The van der Waals surface area contributed by atoms with Gasteiger partial charge in [0.1, 0.15) is 0 Å². The van der Waals surface area contributed by atoms with Gasteiger partial charge < -0.3 is 15.2 Å². The quantitative estimate of drug-likeness (QED) is 0.810. The van der Waals surface area contributed by atoms with Crippen LogP contribution in [0.2, 0.25) is 0 Å². The molecule has 0 aromatic heterocycles. The SMILES string of the molecule is O=C(O)c1ccc(CNCC2CN(Cc3ccccc3)CCO2)cc1. The molecule has 0 aliphatic carbocycles. The molecular formula is C20H24N2O3. The van der Waals surface area contributed by atoms with Crippen LogP contribution >= 0.6 is 0 Å². The van der Waals surface area contributed by atoms with Gasteiger partial charge in [-0.05, 0) is 23.3 Å². The van der Waals surface area contributed by atoms with E-state index in [9.17, 15) is 4.79 Å². The molecule has 0 amide bonds. The van der Waals surface area contributed by atoms with Gasteiger partial charge in [0, 0.05) is 32.7 Å². The molecular weight excluding hydrogens is 316 g/mol. The van der Waals surface area contributed by atoms with Crippen LogP contribution in [0, 0.1) is 0 Å². The molecule has 132 valence electrons. The number of nitrogens with one attached hydrogen (secondary N) is 1. The lowest BCUT2D eigenvalue weighted by atomic mass is 10.1. The van der Waals surface area contributed by atoms with Crippen molar-refractivity contribution < 1.29 is 14.6 Å². The van der Waals surface area contributed by atoms with E-state index in [0.29, 0.717) is 12.1 Å². The third-order valence-electron chi connectivity index (χ3n) is 4.37. The molecule has 3 rings (SSSR count). The van der Waals surface area contributed by atoms with Crippen molar-refractivity contribution >= 4 is 5.97 Å². The molecule has 0 bridgehead atoms. The summed E-state index contributed by atoms with van der Waals surface area (Å²) in [6.07, 6.45) is 0.177. The highest BCUT2D eigenvalue weighted by Crippen LogP contribution is 2.10. The molecule has 5 heteroatoms. The van der Waals surface area contributed by atoms with Crippen molar-refractivity contribution in [2.45, 2.75) is 19.2 Å². The lowest BCUT2D eigenvalue weighted by Crippen LogP contribution is -2.46. The zero-order valence-corrected chi connectivity index (χ0v) is 14.2. The molecule has 1 fully saturated rings. The van der Waals surface area contributed by atoms with Gasteiger partial charge in [0.05, 0.1) is 18.3 Å². The predicted molar refractivity (Wildman–Crippen MR) is 96.6 cm³/mol. The fourth-order valence-corrected chi connectivity index (χ4v) is 3.03. The zero-order chi connectivity index (χ0) is 17.5. The first-order valence-corrected chi connectivity index (χ1v) is 8.61. The Kier molecular flexibility index (Phi) is 6.17.